The molecular formula is C16H19N3O. The van der Waals surface area contributed by atoms with Crippen molar-refractivity contribution in [2.24, 2.45) is 7.05 Å². The summed E-state index contributed by atoms with van der Waals surface area (Å²) in [5.74, 6) is -0.0929. The van der Waals surface area contributed by atoms with E-state index in [1.54, 1.807) is 0 Å². The third-order valence-electron chi connectivity index (χ3n) is 3.98. The van der Waals surface area contributed by atoms with E-state index in [-0.39, 0.29) is 5.91 Å². The maximum atomic E-state index is 12.5. The average molecular weight is 269 g/mol. The third kappa shape index (κ3) is 2.11. The highest BCUT2D eigenvalue weighted by Crippen LogP contribution is 2.25. The minimum Gasteiger partial charge on any atom is -0.320 e. The van der Waals surface area contributed by atoms with Crippen LogP contribution in [0.1, 0.15) is 40.7 Å². The molecule has 0 unspecified atom stereocenters. The number of rotatable bonds is 3. The van der Waals surface area contributed by atoms with Crippen LogP contribution in [-0.2, 0) is 26.3 Å². The summed E-state index contributed by atoms with van der Waals surface area (Å²) in [5, 5.41) is 7.39. The van der Waals surface area contributed by atoms with Crippen LogP contribution in [0.2, 0.25) is 0 Å². The molecule has 2 aromatic rings. The van der Waals surface area contributed by atoms with E-state index in [4.69, 9.17) is 0 Å². The second kappa shape index (κ2) is 5.12. The van der Waals surface area contributed by atoms with Gasteiger partial charge < -0.3 is 5.32 Å². The molecular weight excluding hydrogens is 250 g/mol. The second-order valence-corrected chi connectivity index (χ2v) is 5.22. The monoisotopic (exact) mass is 269 g/mol. The van der Waals surface area contributed by atoms with Crippen LogP contribution in [0, 0.1) is 0 Å². The molecule has 0 saturated heterocycles. The van der Waals surface area contributed by atoms with Crippen LogP contribution in [0.15, 0.2) is 24.3 Å². The number of carbonyl (C=O) groups excluding carboxylic acids is 1. The number of hydrogen-bond acceptors (Lipinski definition) is 2. The van der Waals surface area contributed by atoms with Gasteiger partial charge in [-0.2, -0.15) is 5.10 Å². The number of hydrogen-bond donors (Lipinski definition) is 1. The van der Waals surface area contributed by atoms with E-state index in [2.05, 4.69) is 17.3 Å². The van der Waals surface area contributed by atoms with E-state index in [9.17, 15) is 4.79 Å². The maximum absolute atomic E-state index is 12.5. The van der Waals surface area contributed by atoms with Gasteiger partial charge in [0.15, 0.2) is 5.69 Å². The molecule has 0 spiro atoms. The summed E-state index contributed by atoms with van der Waals surface area (Å²) in [6, 6.07) is 7.92. The molecule has 0 atom stereocenters. The highest BCUT2D eigenvalue weighted by molar-refractivity contribution is 6.04. The fourth-order valence-corrected chi connectivity index (χ4v) is 2.93. The van der Waals surface area contributed by atoms with Gasteiger partial charge in [-0.1, -0.05) is 25.1 Å². The molecule has 20 heavy (non-hydrogen) atoms. The van der Waals surface area contributed by atoms with Crippen LogP contribution >= 0.6 is 0 Å². The van der Waals surface area contributed by atoms with E-state index in [0.717, 1.165) is 42.5 Å². The van der Waals surface area contributed by atoms with Crippen molar-refractivity contribution in [1.29, 1.82) is 0 Å². The van der Waals surface area contributed by atoms with E-state index in [0.29, 0.717) is 5.69 Å². The van der Waals surface area contributed by atoms with Crippen molar-refractivity contribution >= 4 is 11.6 Å². The number of nitrogens with zero attached hydrogens (tertiary/aromatic N) is 2. The Hall–Kier alpha value is -2.10. The average Bonchev–Trinajstić information content (AvgIpc) is 3.04. The molecule has 4 nitrogen and oxygen atoms in total. The lowest BCUT2D eigenvalue weighted by Crippen LogP contribution is -2.15. The number of amides is 1. The van der Waals surface area contributed by atoms with Gasteiger partial charge in [0.25, 0.3) is 5.91 Å². The zero-order chi connectivity index (χ0) is 14.1. The Bertz CT molecular complexity index is 658. The minimum absolute atomic E-state index is 0.0929. The molecule has 0 saturated carbocycles. The van der Waals surface area contributed by atoms with Gasteiger partial charge in [-0.25, -0.2) is 0 Å². The molecule has 1 aromatic carbocycles. The van der Waals surface area contributed by atoms with Gasteiger partial charge in [-0.3, -0.25) is 9.48 Å². The number of carbonyl (C=O) groups is 1. The summed E-state index contributed by atoms with van der Waals surface area (Å²) >= 11 is 0. The number of benzene rings is 1. The van der Waals surface area contributed by atoms with Gasteiger partial charge in [0.05, 0.1) is 0 Å². The van der Waals surface area contributed by atoms with Gasteiger partial charge in [-0.05, 0) is 37.3 Å². The van der Waals surface area contributed by atoms with Gasteiger partial charge in [-0.15, -0.1) is 0 Å². The summed E-state index contributed by atoms with van der Waals surface area (Å²) in [7, 11) is 1.92. The second-order valence-electron chi connectivity index (χ2n) is 5.22. The van der Waals surface area contributed by atoms with Crippen LogP contribution in [0.5, 0.6) is 0 Å². The van der Waals surface area contributed by atoms with Crippen molar-refractivity contribution in [3.63, 3.8) is 0 Å². The first kappa shape index (κ1) is 12.9. The molecule has 1 aromatic heterocycles. The quantitative estimate of drug-likeness (QED) is 0.931. The van der Waals surface area contributed by atoms with Crippen LogP contribution in [0.4, 0.5) is 5.69 Å². The van der Waals surface area contributed by atoms with Crippen LogP contribution in [0.3, 0.4) is 0 Å². The smallest absolute Gasteiger partial charge is 0.276 e. The van der Waals surface area contributed by atoms with E-state index in [1.807, 2.05) is 36.0 Å². The van der Waals surface area contributed by atoms with Crippen LogP contribution in [0.25, 0.3) is 0 Å². The third-order valence-corrected chi connectivity index (χ3v) is 3.98. The normalized spacial score (nSPS) is 13.3. The Morgan fingerprint density at radius 3 is 2.95 bits per heavy atom. The first-order valence-electron chi connectivity index (χ1n) is 7.14. The number of aryl methyl sites for hydroxylation is 2. The lowest BCUT2D eigenvalue weighted by molar-refractivity contribution is 0.102. The molecule has 1 aliphatic carbocycles. The van der Waals surface area contributed by atoms with Crippen molar-refractivity contribution in [2.45, 2.75) is 32.6 Å². The Kier molecular flexibility index (Phi) is 3.30. The molecule has 1 N–H and O–H groups in total. The van der Waals surface area contributed by atoms with Crippen molar-refractivity contribution in [2.75, 3.05) is 5.32 Å². The molecule has 0 bridgehead atoms. The SMILES string of the molecule is CCc1ccccc1NC(=O)c1nn(C)c2c1CCC2. The molecule has 4 heteroatoms. The van der Waals surface area contributed by atoms with Gasteiger partial charge in [0, 0.05) is 24.0 Å². The predicted molar refractivity (Wildman–Crippen MR) is 79.0 cm³/mol. The lowest BCUT2D eigenvalue weighted by atomic mass is 10.1. The molecule has 1 aliphatic rings. The fraction of sp³-hybridized carbons (Fsp3) is 0.375. The van der Waals surface area contributed by atoms with Crippen molar-refractivity contribution in [1.82, 2.24) is 9.78 Å². The van der Waals surface area contributed by atoms with Gasteiger partial charge in [0.1, 0.15) is 0 Å². The Morgan fingerprint density at radius 1 is 1.35 bits per heavy atom. The summed E-state index contributed by atoms with van der Waals surface area (Å²) in [6.07, 6.45) is 4.00. The van der Waals surface area contributed by atoms with Crippen molar-refractivity contribution in [3.8, 4) is 0 Å². The molecule has 0 aliphatic heterocycles. The molecule has 0 radical (unpaired) electrons. The maximum Gasteiger partial charge on any atom is 0.276 e. The Balaban J connectivity index is 1.89. The molecule has 1 amide bonds. The predicted octanol–water partition coefficient (Wildman–Crippen LogP) is 2.72. The standard InChI is InChI=1S/C16H19N3O/c1-3-11-7-4-5-9-13(11)17-16(20)15-12-8-6-10-14(12)19(2)18-15/h4-5,7,9H,3,6,8,10H2,1-2H3,(H,17,20). The first-order chi connectivity index (χ1) is 9.70. The zero-order valence-electron chi connectivity index (χ0n) is 11.9. The lowest BCUT2D eigenvalue weighted by Gasteiger charge is -2.08. The molecule has 3 rings (SSSR count). The Labute approximate surface area is 118 Å². The molecule has 1 heterocycles. The van der Waals surface area contributed by atoms with Gasteiger partial charge in [0.2, 0.25) is 0 Å². The number of nitrogens with one attached hydrogen (secondary N) is 1. The number of para-hydroxylation sites is 1. The van der Waals surface area contributed by atoms with Crippen LogP contribution in [-0.4, -0.2) is 15.7 Å². The van der Waals surface area contributed by atoms with Crippen molar-refractivity contribution in [3.05, 3.63) is 46.8 Å². The minimum atomic E-state index is -0.0929. The van der Waals surface area contributed by atoms with Crippen molar-refractivity contribution < 1.29 is 4.79 Å². The number of fused-ring (bicyclic) bond motifs is 1. The Morgan fingerprint density at radius 2 is 2.15 bits per heavy atom. The largest absolute Gasteiger partial charge is 0.320 e. The summed E-state index contributed by atoms with van der Waals surface area (Å²) in [5.41, 5.74) is 4.95. The first-order valence-corrected chi connectivity index (χ1v) is 7.14. The zero-order valence-corrected chi connectivity index (χ0v) is 11.9. The topological polar surface area (TPSA) is 46.9 Å². The van der Waals surface area contributed by atoms with E-state index < -0.39 is 0 Å². The number of anilines is 1. The van der Waals surface area contributed by atoms with E-state index in [1.165, 1.54) is 5.69 Å². The molecule has 0 fully saturated rings. The van der Waals surface area contributed by atoms with Gasteiger partial charge >= 0.3 is 0 Å². The highest BCUT2D eigenvalue weighted by atomic mass is 16.2. The summed E-state index contributed by atoms with van der Waals surface area (Å²) in [4.78, 5) is 12.5. The van der Waals surface area contributed by atoms with Crippen LogP contribution < -0.4 is 5.32 Å². The summed E-state index contributed by atoms with van der Waals surface area (Å²) < 4.78 is 1.85. The molecule has 104 valence electrons. The summed E-state index contributed by atoms with van der Waals surface area (Å²) in [6.45, 7) is 2.09. The highest BCUT2D eigenvalue weighted by Gasteiger charge is 2.25. The fourth-order valence-electron chi connectivity index (χ4n) is 2.93. The number of aromatic nitrogens is 2. The van der Waals surface area contributed by atoms with E-state index >= 15 is 0 Å².